The standard InChI is InChI=1S/C20H24N2O5/c1-12-9-17(14(3)22(12)15-5-7-16(26-4)8-6-15)19(23)21-10-13(2)27-18(11-21)20(24)25/h5-9,13,18H,10-11H2,1-4H3,(H,24,25)/t13-,18?/m1/s1. The van der Waals surface area contributed by atoms with Crippen molar-refractivity contribution in [1.29, 1.82) is 0 Å². The van der Waals surface area contributed by atoms with Crippen LogP contribution in [0.1, 0.15) is 28.7 Å². The molecule has 1 aliphatic rings. The number of rotatable bonds is 4. The Morgan fingerprint density at radius 2 is 1.85 bits per heavy atom. The van der Waals surface area contributed by atoms with Gasteiger partial charge in [-0.3, -0.25) is 4.79 Å². The van der Waals surface area contributed by atoms with Gasteiger partial charge in [-0.2, -0.15) is 0 Å². The minimum atomic E-state index is -1.05. The summed E-state index contributed by atoms with van der Waals surface area (Å²) < 4.78 is 12.6. The van der Waals surface area contributed by atoms with Crippen molar-refractivity contribution in [1.82, 2.24) is 9.47 Å². The number of nitrogens with zero attached hydrogens (tertiary/aromatic N) is 2. The Hall–Kier alpha value is -2.80. The van der Waals surface area contributed by atoms with Crippen LogP contribution in [0.2, 0.25) is 0 Å². The van der Waals surface area contributed by atoms with E-state index in [1.807, 2.05) is 48.7 Å². The van der Waals surface area contributed by atoms with E-state index in [-0.39, 0.29) is 18.6 Å². The molecule has 0 spiro atoms. The fourth-order valence-electron chi connectivity index (χ4n) is 3.53. The maximum Gasteiger partial charge on any atom is 0.334 e. The Balaban J connectivity index is 1.91. The molecule has 144 valence electrons. The molecule has 7 heteroatoms. The van der Waals surface area contributed by atoms with E-state index in [9.17, 15) is 14.7 Å². The van der Waals surface area contributed by atoms with Gasteiger partial charge < -0.3 is 24.0 Å². The first kappa shape index (κ1) is 19.0. The highest BCUT2D eigenvalue weighted by Crippen LogP contribution is 2.25. The lowest BCUT2D eigenvalue weighted by Gasteiger charge is -2.35. The lowest BCUT2D eigenvalue weighted by atomic mass is 10.1. The molecular weight excluding hydrogens is 348 g/mol. The van der Waals surface area contributed by atoms with Crippen molar-refractivity contribution in [2.24, 2.45) is 0 Å². The highest BCUT2D eigenvalue weighted by Gasteiger charge is 2.34. The number of aryl methyl sites for hydroxylation is 1. The predicted molar refractivity (Wildman–Crippen MR) is 99.7 cm³/mol. The molecule has 2 heterocycles. The topological polar surface area (TPSA) is 81.0 Å². The van der Waals surface area contributed by atoms with Crippen LogP contribution in [0.4, 0.5) is 0 Å². The van der Waals surface area contributed by atoms with E-state index >= 15 is 0 Å². The van der Waals surface area contributed by atoms with Crippen LogP contribution in [0.15, 0.2) is 30.3 Å². The van der Waals surface area contributed by atoms with Gasteiger partial charge in [-0.15, -0.1) is 0 Å². The molecule has 27 heavy (non-hydrogen) atoms. The molecule has 1 fully saturated rings. The summed E-state index contributed by atoms with van der Waals surface area (Å²) in [5, 5.41) is 9.24. The zero-order valence-corrected chi connectivity index (χ0v) is 15.9. The Morgan fingerprint density at radius 1 is 1.19 bits per heavy atom. The number of morpholine rings is 1. The smallest absolute Gasteiger partial charge is 0.334 e. The molecule has 0 aliphatic carbocycles. The van der Waals surface area contributed by atoms with Crippen molar-refractivity contribution in [3.05, 3.63) is 47.3 Å². The molecule has 7 nitrogen and oxygen atoms in total. The molecule has 1 aromatic heterocycles. The zero-order valence-electron chi connectivity index (χ0n) is 15.9. The molecular formula is C20H24N2O5. The number of carboxylic acids is 1. The van der Waals surface area contributed by atoms with Crippen LogP contribution in [0.25, 0.3) is 5.69 Å². The molecule has 3 rings (SSSR count). The van der Waals surface area contributed by atoms with Crippen LogP contribution in [0.3, 0.4) is 0 Å². The summed E-state index contributed by atoms with van der Waals surface area (Å²) in [7, 11) is 1.62. The zero-order chi connectivity index (χ0) is 19.7. The van der Waals surface area contributed by atoms with E-state index < -0.39 is 12.1 Å². The van der Waals surface area contributed by atoms with Gasteiger partial charge in [0.2, 0.25) is 0 Å². The number of carbonyl (C=O) groups excluding carboxylic acids is 1. The largest absolute Gasteiger partial charge is 0.497 e. The van der Waals surface area contributed by atoms with Crippen molar-refractivity contribution in [3.8, 4) is 11.4 Å². The van der Waals surface area contributed by atoms with E-state index in [2.05, 4.69) is 0 Å². The predicted octanol–water partition coefficient (Wildman–Crippen LogP) is 2.42. The molecule has 1 unspecified atom stereocenters. The molecule has 1 N–H and O–H groups in total. The number of methoxy groups -OCH3 is 1. The van der Waals surface area contributed by atoms with Gasteiger partial charge >= 0.3 is 5.97 Å². The molecule has 1 saturated heterocycles. The monoisotopic (exact) mass is 372 g/mol. The summed E-state index contributed by atoms with van der Waals surface area (Å²) >= 11 is 0. The Bertz CT molecular complexity index is 856. The van der Waals surface area contributed by atoms with Crippen molar-refractivity contribution in [2.75, 3.05) is 20.2 Å². The van der Waals surface area contributed by atoms with Crippen LogP contribution in [0.5, 0.6) is 5.75 Å². The van der Waals surface area contributed by atoms with Crippen LogP contribution < -0.4 is 4.74 Å². The summed E-state index contributed by atoms with van der Waals surface area (Å²) in [6, 6.07) is 9.46. The summed E-state index contributed by atoms with van der Waals surface area (Å²) in [5.41, 5.74) is 3.25. The Kier molecular flexibility index (Phi) is 5.23. The quantitative estimate of drug-likeness (QED) is 0.891. The van der Waals surface area contributed by atoms with Crippen molar-refractivity contribution in [2.45, 2.75) is 33.0 Å². The fourth-order valence-corrected chi connectivity index (χ4v) is 3.53. The molecule has 0 radical (unpaired) electrons. The lowest BCUT2D eigenvalue weighted by Crippen LogP contribution is -2.51. The number of aliphatic carboxylic acids is 1. The van der Waals surface area contributed by atoms with Crippen molar-refractivity contribution < 1.29 is 24.2 Å². The second-order valence-electron chi connectivity index (χ2n) is 6.80. The lowest BCUT2D eigenvalue weighted by molar-refractivity contribution is -0.160. The normalized spacial score (nSPS) is 19.8. The second-order valence-corrected chi connectivity index (χ2v) is 6.80. The Labute approximate surface area is 158 Å². The number of hydrogen-bond acceptors (Lipinski definition) is 4. The minimum Gasteiger partial charge on any atom is -0.497 e. The van der Waals surface area contributed by atoms with Gasteiger partial charge in [-0.25, -0.2) is 4.79 Å². The second kappa shape index (κ2) is 7.44. The number of aromatic nitrogens is 1. The average Bonchev–Trinajstić information content (AvgIpc) is 2.95. The third kappa shape index (κ3) is 3.68. The fraction of sp³-hybridized carbons (Fsp3) is 0.400. The van der Waals surface area contributed by atoms with Crippen LogP contribution in [-0.2, 0) is 9.53 Å². The maximum atomic E-state index is 13.1. The van der Waals surface area contributed by atoms with Crippen molar-refractivity contribution in [3.63, 3.8) is 0 Å². The Morgan fingerprint density at radius 3 is 2.44 bits per heavy atom. The minimum absolute atomic E-state index is 0.0463. The molecule has 2 aromatic rings. The van der Waals surface area contributed by atoms with Gasteiger partial charge in [0.1, 0.15) is 5.75 Å². The maximum absolute atomic E-state index is 13.1. The van der Waals surface area contributed by atoms with Gasteiger partial charge in [0.25, 0.3) is 5.91 Å². The molecule has 1 amide bonds. The summed E-state index contributed by atoms with van der Waals surface area (Å²) in [6.45, 7) is 6.02. The molecule has 1 aliphatic heterocycles. The van der Waals surface area contributed by atoms with Gasteiger partial charge in [0.05, 0.1) is 25.3 Å². The average molecular weight is 372 g/mol. The van der Waals surface area contributed by atoms with Gasteiger partial charge in [-0.1, -0.05) is 0 Å². The number of ether oxygens (including phenoxy) is 2. The SMILES string of the molecule is COc1ccc(-n2c(C)cc(C(=O)N3CC(C(=O)O)O[C@H](C)C3)c2C)cc1. The highest BCUT2D eigenvalue weighted by atomic mass is 16.5. The number of amides is 1. The van der Waals surface area contributed by atoms with Gasteiger partial charge in [0, 0.05) is 23.6 Å². The van der Waals surface area contributed by atoms with E-state index in [0.717, 1.165) is 22.8 Å². The number of benzene rings is 1. The summed E-state index contributed by atoms with van der Waals surface area (Å²) in [5.74, 6) is -0.466. The van der Waals surface area contributed by atoms with E-state index in [1.54, 1.807) is 18.9 Å². The van der Waals surface area contributed by atoms with Crippen LogP contribution in [-0.4, -0.2) is 58.9 Å². The first-order chi connectivity index (χ1) is 12.8. The van der Waals surface area contributed by atoms with Crippen LogP contribution in [0, 0.1) is 13.8 Å². The highest BCUT2D eigenvalue weighted by molar-refractivity contribution is 5.96. The molecule has 0 bridgehead atoms. The summed E-state index contributed by atoms with van der Waals surface area (Å²) in [4.78, 5) is 25.9. The number of carboxylic acid groups (broad SMARTS) is 1. The first-order valence-corrected chi connectivity index (χ1v) is 8.82. The summed E-state index contributed by atoms with van der Waals surface area (Å²) in [6.07, 6.45) is -1.32. The van der Waals surface area contributed by atoms with Gasteiger partial charge in [0.15, 0.2) is 6.10 Å². The number of hydrogen-bond donors (Lipinski definition) is 1. The molecule has 1 aromatic carbocycles. The molecule has 2 atom stereocenters. The molecule has 0 saturated carbocycles. The van der Waals surface area contributed by atoms with E-state index in [0.29, 0.717) is 12.1 Å². The van der Waals surface area contributed by atoms with E-state index in [1.165, 1.54) is 0 Å². The van der Waals surface area contributed by atoms with Gasteiger partial charge in [-0.05, 0) is 51.1 Å². The van der Waals surface area contributed by atoms with Crippen molar-refractivity contribution >= 4 is 11.9 Å². The number of carbonyl (C=O) groups is 2. The van der Waals surface area contributed by atoms with Crippen LogP contribution >= 0.6 is 0 Å². The third-order valence-corrected chi connectivity index (χ3v) is 4.82. The van der Waals surface area contributed by atoms with E-state index in [4.69, 9.17) is 9.47 Å². The third-order valence-electron chi connectivity index (χ3n) is 4.82. The first-order valence-electron chi connectivity index (χ1n) is 8.82.